The van der Waals surface area contributed by atoms with Crippen molar-refractivity contribution in [3.63, 3.8) is 0 Å². The molecule has 16 heteroatoms. The van der Waals surface area contributed by atoms with Gasteiger partial charge in [-0.1, -0.05) is 279 Å². The van der Waals surface area contributed by atoms with Gasteiger partial charge < -0.3 is 38.2 Å². The van der Waals surface area contributed by atoms with Crippen LogP contribution < -0.4 is 0 Å². The van der Waals surface area contributed by atoms with Crippen LogP contribution in [0.1, 0.15) is 388 Å². The molecule has 2 unspecified atom stereocenters. The third kappa shape index (κ3) is 76.0. The number of hydrogen-bond acceptors (Lipinski definition) is 16. The number of nitrogens with zero attached hydrogens (tertiary/aromatic N) is 4. The number of unbranched alkanes of at least 4 members (excludes halogenated alkanes) is 36. The number of piperazine rings is 1. The smallest absolute Gasteiger partial charge is 0.307 e. The monoisotopic (exact) mass is 1630 g/mol. The van der Waals surface area contributed by atoms with Crippen LogP contribution in [0.25, 0.3) is 0 Å². The fourth-order valence-electron chi connectivity index (χ4n) is 14.2. The second-order valence-corrected chi connectivity index (χ2v) is 32.5. The van der Waals surface area contributed by atoms with E-state index in [1.807, 2.05) is 9.80 Å². The van der Waals surface area contributed by atoms with Crippen LogP contribution in [0.4, 0.5) is 0 Å². The van der Waals surface area contributed by atoms with E-state index in [1.54, 1.807) is 0 Å². The molecule has 1 fully saturated rings. The number of esters is 6. The molecule has 16 nitrogen and oxygen atoms in total. The summed E-state index contributed by atoms with van der Waals surface area (Å²) in [6.45, 7) is 20.1. The second kappa shape index (κ2) is 86.0. The summed E-state index contributed by atoms with van der Waals surface area (Å²) in [6.07, 6.45) is 92.6. The van der Waals surface area contributed by atoms with E-state index < -0.39 is 0 Å². The fraction of sp³-hybridized carbons (Fsp3) is 0.780. The highest BCUT2D eigenvalue weighted by atomic mass is 16.6. The number of hydrogen-bond donors (Lipinski definition) is 0. The van der Waals surface area contributed by atoms with Gasteiger partial charge in [0.1, 0.15) is 13.2 Å². The molecule has 1 heterocycles. The molecule has 0 N–H and O–H groups in total. The predicted octanol–water partition coefficient (Wildman–Crippen LogP) is 24.8. The van der Waals surface area contributed by atoms with Crippen LogP contribution in [0.5, 0.6) is 0 Å². The first-order chi connectivity index (χ1) is 56.9. The van der Waals surface area contributed by atoms with Crippen LogP contribution >= 0.6 is 0 Å². The zero-order valence-corrected chi connectivity index (χ0v) is 75.6. The van der Waals surface area contributed by atoms with E-state index in [9.17, 15) is 28.8 Å². The number of carbonyl (C=O) groups is 6. The fourth-order valence-corrected chi connectivity index (χ4v) is 14.2. The van der Waals surface area contributed by atoms with Gasteiger partial charge in [-0.05, 0) is 168 Å². The van der Waals surface area contributed by atoms with Crippen LogP contribution in [-0.2, 0) is 57.2 Å². The highest BCUT2D eigenvalue weighted by Gasteiger charge is 2.29. The van der Waals surface area contributed by atoms with Crippen molar-refractivity contribution >= 4 is 35.8 Å². The number of ether oxygens (including phenoxy) is 6. The van der Waals surface area contributed by atoms with E-state index in [0.717, 1.165) is 142 Å². The first-order valence-electron chi connectivity index (χ1n) is 48.0. The first-order valence-corrected chi connectivity index (χ1v) is 48.0. The van der Waals surface area contributed by atoms with Crippen LogP contribution in [0.15, 0.2) is 97.2 Å². The minimum absolute atomic E-state index is 0.124. The Morgan fingerprint density at radius 2 is 0.414 bits per heavy atom. The quantitative estimate of drug-likeness (QED) is 0.0244. The lowest BCUT2D eigenvalue weighted by atomic mass is 10.1. The molecule has 0 aromatic rings. The minimum Gasteiger partial charge on any atom is -0.466 e. The largest absolute Gasteiger partial charge is 0.466 e. The van der Waals surface area contributed by atoms with Crippen molar-refractivity contribution in [3.05, 3.63) is 97.2 Å². The molecule has 0 aromatic heterocycles. The van der Waals surface area contributed by atoms with Gasteiger partial charge in [0.15, 0.2) is 0 Å². The van der Waals surface area contributed by atoms with Gasteiger partial charge in [0, 0.05) is 77.5 Å². The van der Waals surface area contributed by atoms with Gasteiger partial charge in [-0.25, -0.2) is 0 Å². The molecule has 1 aliphatic heterocycles. The van der Waals surface area contributed by atoms with Crippen molar-refractivity contribution in [3.8, 4) is 0 Å². The predicted molar refractivity (Wildman–Crippen MR) is 486 cm³/mol. The molecule has 0 aliphatic carbocycles. The second-order valence-electron chi connectivity index (χ2n) is 32.5. The lowest BCUT2D eigenvalue weighted by Crippen LogP contribution is -2.57. The molecule has 1 rings (SSSR count). The molecule has 0 aromatic carbocycles. The molecule has 0 bridgehead atoms. The van der Waals surface area contributed by atoms with Crippen molar-refractivity contribution in [1.29, 1.82) is 0 Å². The average molecular weight is 1630 g/mol. The van der Waals surface area contributed by atoms with E-state index in [4.69, 9.17) is 28.4 Å². The maximum absolute atomic E-state index is 13.3. The van der Waals surface area contributed by atoms with E-state index in [1.165, 1.54) is 180 Å². The van der Waals surface area contributed by atoms with E-state index >= 15 is 0 Å². The lowest BCUT2D eigenvalue weighted by Gasteiger charge is -2.44. The zero-order chi connectivity index (χ0) is 84.0. The van der Waals surface area contributed by atoms with Gasteiger partial charge in [-0.3, -0.25) is 38.6 Å². The van der Waals surface area contributed by atoms with Gasteiger partial charge in [-0.2, -0.15) is 0 Å². The zero-order valence-electron chi connectivity index (χ0n) is 75.6. The SMILES string of the molecule is CCCCC/C=C\C/C=C\CCCCCCCCOC(=O)CCN(CCC(=O)OCCCCCCCC/C=C\C/C=C\CCCCC)CCC(=O)OCCN1CC(C)N(CCOC(=O)CCN(CCC(=O)OCCCCCCCC/C=C\C/C=C\CCCCC)CCC(=O)OCCCCCCCC/C=C\C/C=C\CCCCC)CC1C. The van der Waals surface area contributed by atoms with Crippen molar-refractivity contribution < 1.29 is 57.2 Å². The number of allylic oxidation sites excluding steroid dienone is 16. The van der Waals surface area contributed by atoms with Gasteiger partial charge >= 0.3 is 35.8 Å². The molecule has 116 heavy (non-hydrogen) atoms. The lowest BCUT2D eigenvalue weighted by molar-refractivity contribution is -0.147. The molecule has 0 spiro atoms. The Hall–Kier alpha value is -5.42. The minimum atomic E-state index is -0.328. The summed E-state index contributed by atoms with van der Waals surface area (Å²) in [6, 6.07) is 0.331. The Morgan fingerprint density at radius 3 is 0.612 bits per heavy atom. The van der Waals surface area contributed by atoms with Crippen LogP contribution in [0.3, 0.4) is 0 Å². The molecule has 1 aliphatic rings. The molecule has 0 radical (unpaired) electrons. The summed E-state index contributed by atoms with van der Waals surface area (Å²) in [5.74, 6) is -1.75. The standard InChI is InChI=1S/C100H176N4O12/c1-7-11-15-19-23-27-31-35-39-43-47-51-55-59-63-67-85-111-95(105)71-77-101(78-72-96(106)112-86-68-64-60-56-52-48-44-40-36-32-28-24-20-16-12-8-2)81-75-99(109)115-89-83-103-91-94(6)104(92-93(103)5)84-90-116-100(110)76-82-102(79-73-97(107)113-87-69-65-61-57-53-49-45-41-37-33-29-25-21-17-13-9-3)80-74-98(108)114-88-70-66-62-58-54-50-46-42-38-34-30-26-22-18-14-10-4/h23-30,35-42,93-94H,7-22,31-34,43-92H2,1-6H3/b27-23-,28-24-,29-25-,30-26-,39-35-,40-36-,41-37-,42-38-. The summed E-state index contributed by atoms with van der Waals surface area (Å²) < 4.78 is 34.2. The molecule has 2 atom stereocenters. The highest BCUT2D eigenvalue weighted by molar-refractivity contribution is 5.72. The molecular formula is C100H176N4O12. The van der Waals surface area contributed by atoms with E-state index in [-0.39, 0.29) is 99.6 Å². The van der Waals surface area contributed by atoms with Crippen molar-refractivity contribution in [1.82, 2.24) is 19.6 Å². The molecule has 0 amide bonds. The van der Waals surface area contributed by atoms with Crippen LogP contribution in [0, 0.1) is 0 Å². The molecule has 668 valence electrons. The number of carbonyl (C=O) groups excluding carboxylic acids is 6. The van der Waals surface area contributed by atoms with E-state index in [0.29, 0.717) is 78.8 Å². The summed E-state index contributed by atoms with van der Waals surface area (Å²) in [7, 11) is 0. The summed E-state index contributed by atoms with van der Waals surface area (Å²) >= 11 is 0. The summed E-state index contributed by atoms with van der Waals surface area (Å²) in [5.41, 5.74) is 0. The van der Waals surface area contributed by atoms with Gasteiger partial charge in [-0.15, -0.1) is 0 Å². The topological polar surface area (TPSA) is 171 Å². The Bertz CT molecular complexity index is 2240. The first kappa shape index (κ1) is 109. The van der Waals surface area contributed by atoms with Crippen molar-refractivity contribution in [2.45, 2.75) is 400 Å². The van der Waals surface area contributed by atoms with Gasteiger partial charge in [0.05, 0.1) is 65.0 Å². The van der Waals surface area contributed by atoms with Gasteiger partial charge in [0.25, 0.3) is 0 Å². The molecule has 0 saturated carbocycles. The Morgan fingerprint density at radius 1 is 0.241 bits per heavy atom. The molecule has 1 saturated heterocycles. The van der Waals surface area contributed by atoms with Crippen LogP contribution in [0.2, 0.25) is 0 Å². The highest BCUT2D eigenvalue weighted by Crippen LogP contribution is 2.18. The third-order valence-electron chi connectivity index (χ3n) is 21.8. The summed E-state index contributed by atoms with van der Waals surface area (Å²) in [5, 5.41) is 0. The van der Waals surface area contributed by atoms with Crippen LogP contribution in [-0.4, -0.2) is 173 Å². The average Bonchev–Trinajstić information content (AvgIpc) is 0.845. The van der Waals surface area contributed by atoms with Crippen molar-refractivity contribution in [2.24, 2.45) is 0 Å². The maximum Gasteiger partial charge on any atom is 0.307 e. The Kier molecular flexibility index (Phi) is 80.5. The normalized spacial score (nSPS) is 14.5. The summed E-state index contributed by atoms with van der Waals surface area (Å²) in [4.78, 5) is 87.2. The Balaban J connectivity index is 2.66. The molecular weight excluding hydrogens is 1450 g/mol. The van der Waals surface area contributed by atoms with Crippen molar-refractivity contribution in [2.75, 3.05) is 105 Å². The number of rotatable bonds is 84. The van der Waals surface area contributed by atoms with E-state index in [2.05, 4.69) is 149 Å². The third-order valence-corrected chi connectivity index (χ3v) is 21.8. The maximum atomic E-state index is 13.3. The van der Waals surface area contributed by atoms with Gasteiger partial charge in [0.2, 0.25) is 0 Å². The Labute approximate surface area is 711 Å².